The van der Waals surface area contributed by atoms with Gasteiger partial charge in [0.2, 0.25) is 11.9 Å². The van der Waals surface area contributed by atoms with Crippen molar-refractivity contribution in [2.45, 2.75) is 18.9 Å². The Balaban J connectivity index is 1.38. The predicted molar refractivity (Wildman–Crippen MR) is 111 cm³/mol. The maximum Gasteiger partial charge on any atom is 0.227 e. The fraction of sp³-hybridized carbons (Fsp3) is 0.333. The monoisotopic (exact) mass is 373 g/mol. The molecule has 0 unspecified atom stereocenters. The highest BCUT2D eigenvalue weighted by atomic mass is 15.4. The lowest BCUT2D eigenvalue weighted by Crippen LogP contribution is -2.47. The summed E-state index contributed by atoms with van der Waals surface area (Å²) >= 11 is 0. The molecule has 1 N–H and O–H groups in total. The summed E-state index contributed by atoms with van der Waals surface area (Å²) in [5.41, 5.74) is 2.07. The molecule has 1 saturated carbocycles. The Bertz CT molecular complexity index is 920. The molecule has 1 aliphatic carbocycles. The lowest BCUT2D eigenvalue weighted by molar-refractivity contribution is 0.628. The average Bonchev–Trinajstić information content (AvgIpc) is 3.59. The van der Waals surface area contributed by atoms with Gasteiger partial charge < -0.3 is 15.1 Å². The number of hydrogen-bond donors (Lipinski definition) is 1. The largest absolute Gasteiger partial charge is 0.367 e. The summed E-state index contributed by atoms with van der Waals surface area (Å²) < 4.78 is 0. The van der Waals surface area contributed by atoms with Gasteiger partial charge >= 0.3 is 0 Å². The Hall–Kier alpha value is -3.22. The third-order valence-corrected chi connectivity index (χ3v) is 5.11. The Kier molecular flexibility index (Phi) is 4.48. The lowest BCUT2D eigenvalue weighted by Gasteiger charge is -2.34. The highest BCUT2D eigenvalue weighted by molar-refractivity contribution is 5.65. The van der Waals surface area contributed by atoms with Crippen LogP contribution in [0.5, 0.6) is 0 Å². The zero-order valence-corrected chi connectivity index (χ0v) is 15.7. The topological polar surface area (TPSA) is 70.1 Å². The summed E-state index contributed by atoms with van der Waals surface area (Å²) in [6, 6.07) is 14.8. The van der Waals surface area contributed by atoms with Crippen molar-refractivity contribution >= 4 is 17.7 Å². The van der Waals surface area contributed by atoms with Gasteiger partial charge in [0, 0.05) is 56.2 Å². The van der Waals surface area contributed by atoms with Crippen molar-refractivity contribution in [1.29, 1.82) is 0 Å². The van der Waals surface area contributed by atoms with Gasteiger partial charge in [-0.25, -0.2) is 15.0 Å². The number of hydrogen-bond acceptors (Lipinski definition) is 7. The van der Waals surface area contributed by atoms with E-state index in [4.69, 9.17) is 9.97 Å². The van der Waals surface area contributed by atoms with Gasteiger partial charge in [-0.2, -0.15) is 4.98 Å². The van der Waals surface area contributed by atoms with Crippen LogP contribution < -0.4 is 15.1 Å². The van der Waals surface area contributed by atoms with E-state index in [1.807, 2.05) is 24.3 Å². The third-order valence-electron chi connectivity index (χ3n) is 5.11. The van der Waals surface area contributed by atoms with Crippen LogP contribution in [0.15, 0.2) is 54.9 Å². The minimum atomic E-state index is 0.554. The van der Waals surface area contributed by atoms with Gasteiger partial charge in [-0.15, -0.1) is 0 Å². The van der Waals surface area contributed by atoms with Crippen LogP contribution in [0.3, 0.4) is 0 Å². The van der Waals surface area contributed by atoms with Gasteiger partial charge in [0.1, 0.15) is 5.82 Å². The molecule has 0 radical (unpaired) electrons. The number of aromatic nitrogens is 4. The van der Waals surface area contributed by atoms with E-state index in [-0.39, 0.29) is 0 Å². The van der Waals surface area contributed by atoms with Crippen LogP contribution in [0.25, 0.3) is 11.3 Å². The second-order valence-corrected chi connectivity index (χ2v) is 7.25. The van der Waals surface area contributed by atoms with Gasteiger partial charge in [-0.05, 0) is 18.9 Å². The lowest BCUT2D eigenvalue weighted by atomic mass is 10.1. The molecular formula is C21H23N7. The van der Waals surface area contributed by atoms with Crippen molar-refractivity contribution in [3.8, 4) is 11.3 Å². The minimum Gasteiger partial charge on any atom is -0.367 e. The standard InChI is InChI=1S/C21H23N7/c1-2-5-16(6-3-1)18-15-19(24-17-7-8-17)26-21(25-18)28-13-11-27(12-14-28)20-22-9-4-10-23-20/h1-6,9-10,15,17H,7-8,11-14H2,(H,24,25,26). The van der Waals surface area contributed by atoms with Crippen LogP contribution in [0.4, 0.5) is 17.7 Å². The average molecular weight is 373 g/mol. The molecule has 0 bridgehead atoms. The number of nitrogens with zero attached hydrogens (tertiary/aromatic N) is 6. The molecule has 3 heterocycles. The molecule has 142 valence electrons. The smallest absolute Gasteiger partial charge is 0.227 e. The number of nitrogens with one attached hydrogen (secondary N) is 1. The van der Waals surface area contributed by atoms with E-state index in [0.717, 1.165) is 55.2 Å². The van der Waals surface area contributed by atoms with Crippen LogP contribution in [0.1, 0.15) is 12.8 Å². The summed E-state index contributed by atoms with van der Waals surface area (Å²) in [4.78, 5) is 22.9. The number of piperazine rings is 1. The molecule has 5 rings (SSSR count). The molecule has 2 fully saturated rings. The molecule has 0 spiro atoms. The summed E-state index contributed by atoms with van der Waals surface area (Å²) in [6.45, 7) is 3.40. The number of benzene rings is 1. The Morgan fingerprint density at radius 1 is 0.786 bits per heavy atom. The van der Waals surface area contributed by atoms with Crippen LogP contribution in [0.2, 0.25) is 0 Å². The highest BCUT2D eigenvalue weighted by Gasteiger charge is 2.24. The molecule has 1 aromatic carbocycles. The van der Waals surface area contributed by atoms with E-state index in [9.17, 15) is 0 Å². The fourth-order valence-electron chi connectivity index (χ4n) is 3.40. The van der Waals surface area contributed by atoms with Crippen molar-refractivity contribution < 1.29 is 0 Å². The predicted octanol–water partition coefficient (Wildman–Crippen LogP) is 2.83. The molecule has 1 aliphatic heterocycles. The highest BCUT2D eigenvalue weighted by Crippen LogP contribution is 2.28. The van der Waals surface area contributed by atoms with Crippen LogP contribution in [0, 0.1) is 0 Å². The van der Waals surface area contributed by atoms with E-state index < -0.39 is 0 Å². The van der Waals surface area contributed by atoms with Gasteiger partial charge in [-0.1, -0.05) is 30.3 Å². The zero-order valence-electron chi connectivity index (χ0n) is 15.7. The van der Waals surface area contributed by atoms with E-state index in [1.165, 1.54) is 12.8 Å². The van der Waals surface area contributed by atoms with Crippen molar-refractivity contribution in [2.75, 3.05) is 41.3 Å². The minimum absolute atomic E-state index is 0.554. The first-order valence-corrected chi connectivity index (χ1v) is 9.83. The number of anilines is 3. The molecule has 28 heavy (non-hydrogen) atoms. The summed E-state index contributed by atoms with van der Waals surface area (Å²) in [7, 11) is 0. The molecule has 2 aromatic heterocycles. The molecule has 1 saturated heterocycles. The van der Waals surface area contributed by atoms with Gasteiger partial charge in [0.05, 0.1) is 5.69 Å². The second-order valence-electron chi connectivity index (χ2n) is 7.25. The van der Waals surface area contributed by atoms with Crippen molar-refractivity contribution in [3.63, 3.8) is 0 Å². The molecule has 2 aliphatic rings. The molecule has 3 aromatic rings. The van der Waals surface area contributed by atoms with Gasteiger partial charge in [-0.3, -0.25) is 0 Å². The quantitative estimate of drug-likeness (QED) is 0.737. The van der Waals surface area contributed by atoms with Crippen molar-refractivity contribution in [2.24, 2.45) is 0 Å². The maximum absolute atomic E-state index is 4.88. The molecule has 7 heteroatoms. The van der Waals surface area contributed by atoms with Gasteiger partial charge in [0.15, 0.2) is 0 Å². The summed E-state index contributed by atoms with van der Waals surface area (Å²) in [5, 5.41) is 3.53. The molecule has 7 nitrogen and oxygen atoms in total. The van der Waals surface area contributed by atoms with Crippen LogP contribution in [-0.2, 0) is 0 Å². The summed E-state index contributed by atoms with van der Waals surface area (Å²) in [6.07, 6.45) is 6.01. The Morgan fingerprint density at radius 3 is 2.14 bits per heavy atom. The maximum atomic E-state index is 4.88. The zero-order chi connectivity index (χ0) is 18.8. The normalized spacial score (nSPS) is 16.9. The molecule has 0 atom stereocenters. The first-order valence-electron chi connectivity index (χ1n) is 9.83. The van der Waals surface area contributed by atoms with Crippen LogP contribution in [-0.4, -0.2) is 52.2 Å². The Labute approximate surface area is 164 Å². The van der Waals surface area contributed by atoms with E-state index in [0.29, 0.717) is 6.04 Å². The fourth-order valence-corrected chi connectivity index (χ4v) is 3.40. The van der Waals surface area contributed by atoms with E-state index >= 15 is 0 Å². The SMILES string of the molecule is c1ccc(-c2cc(NC3CC3)nc(N3CCN(c4ncccn4)CC3)n2)cc1. The molecular weight excluding hydrogens is 350 g/mol. The van der Waals surface area contributed by atoms with Crippen LogP contribution >= 0.6 is 0 Å². The summed E-state index contributed by atoms with van der Waals surface area (Å²) in [5.74, 6) is 2.50. The van der Waals surface area contributed by atoms with Crippen molar-refractivity contribution in [3.05, 3.63) is 54.9 Å². The van der Waals surface area contributed by atoms with Gasteiger partial charge in [0.25, 0.3) is 0 Å². The Morgan fingerprint density at radius 2 is 1.46 bits per heavy atom. The van der Waals surface area contributed by atoms with Crippen molar-refractivity contribution in [1.82, 2.24) is 19.9 Å². The first kappa shape index (κ1) is 16.9. The van der Waals surface area contributed by atoms with E-state index in [2.05, 4.69) is 43.3 Å². The molecule has 0 amide bonds. The first-order chi connectivity index (χ1) is 13.8. The third kappa shape index (κ3) is 3.74. The number of rotatable bonds is 5. The second kappa shape index (κ2) is 7.42. The van der Waals surface area contributed by atoms with E-state index in [1.54, 1.807) is 12.4 Å².